The van der Waals surface area contributed by atoms with Crippen LogP contribution in [0.5, 0.6) is 0 Å². The fraction of sp³-hybridized carbons (Fsp3) is 0.500. The van der Waals surface area contributed by atoms with Crippen LogP contribution in [0.2, 0.25) is 0 Å². The van der Waals surface area contributed by atoms with Crippen LogP contribution in [0, 0.1) is 0 Å². The van der Waals surface area contributed by atoms with Gasteiger partial charge in [0.1, 0.15) is 6.04 Å². The summed E-state index contributed by atoms with van der Waals surface area (Å²) in [4.78, 5) is 12.3. The highest BCUT2D eigenvalue weighted by Gasteiger charge is 2.19. The Hall–Kier alpha value is -0.870. The van der Waals surface area contributed by atoms with Gasteiger partial charge in [-0.1, -0.05) is 13.0 Å². The van der Waals surface area contributed by atoms with E-state index in [9.17, 15) is 4.79 Å². The molecule has 0 saturated carbocycles. The lowest BCUT2D eigenvalue weighted by atomic mass is 10.2. The van der Waals surface area contributed by atoms with Gasteiger partial charge >= 0.3 is 5.97 Å². The highest BCUT2D eigenvalue weighted by atomic mass is 32.1. The SMILES string of the molecule is CCC(C)OC(=O)C(N)c1cccs1. The minimum absolute atomic E-state index is 0.0616. The summed E-state index contributed by atoms with van der Waals surface area (Å²) in [5.41, 5.74) is 5.72. The number of esters is 1. The first-order chi connectivity index (χ1) is 6.65. The molecule has 0 fully saturated rings. The van der Waals surface area contributed by atoms with Crippen molar-refractivity contribution in [1.82, 2.24) is 0 Å². The molecule has 4 heteroatoms. The topological polar surface area (TPSA) is 52.3 Å². The van der Waals surface area contributed by atoms with Crippen molar-refractivity contribution in [1.29, 1.82) is 0 Å². The Morgan fingerprint density at radius 1 is 1.71 bits per heavy atom. The van der Waals surface area contributed by atoms with Crippen LogP contribution in [0.3, 0.4) is 0 Å². The Balaban J connectivity index is 2.53. The first-order valence-electron chi connectivity index (χ1n) is 4.64. The zero-order chi connectivity index (χ0) is 10.6. The maximum Gasteiger partial charge on any atom is 0.328 e. The molecule has 14 heavy (non-hydrogen) atoms. The van der Waals surface area contributed by atoms with Gasteiger partial charge in [-0.2, -0.15) is 0 Å². The summed E-state index contributed by atoms with van der Waals surface area (Å²) in [6, 6.07) is 3.08. The molecule has 0 aliphatic rings. The molecule has 0 spiro atoms. The average Bonchev–Trinajstić information content (AvgIpc) is 2.69. The van der Waals surface area contributed by atoms with Crippen LogP contribution in [0.4, 0.5) is 0 Å². The number of nitrogens with two attached hydrogens (primary N) is 1. The molecule has 1 aromatic heterocycles. The van der Waals surface area contributed by atoms with E-state index in [0.29, 0.717) is 0 Å². The lowest BCUT2D eigenvalue weighted by Gasteiger charge is -2.14. The maximum absolute atomic E-state index is 11.5. The normalized spacial score (nSPS) is 14.8. The zero-order valence-corrected chi connectivity index (χ0v) is 9.21. The molecule has 1 heterocycles. The quantitative estimate of drug-likeness (QED) is 0.779. The van der Waals surface area contributed by atoms with E-state index in [1.165, 1.54) is 11.3 Å². The maximum atomic E-state index is 11.5. The second-order valence-corrected chi connectivity index (χ2v) is 4.13. The second-order valence-electron chi connectivity index (χ2n) is 3.15. The lowest BCUT2D eigenvalue weighted by molar-refractivity contribution is -0.150. The van der Waals surface area contributed by atoms with Crippen LogP contribution < -0.4 is 5.73 Å². The minimum Gasteiger partial charge on any atom is -0.461 e. The summed E-state index contributed by atoms with van der Waals surface area (Å²) in [5, 5.41) is 1.89. The van der Waals surface area contributed by atoms with Crippen LogP contribution >= 0.6 is 11.3 Å². The van der Waals surface area contributed by atoms with Crippen molar-refractivity contribution < 1.29 is 9.53 Å². The van der Waals surface area contributed by atoms with E-state index in [-0.39, 0.29) is 12.1 Å². The number of rotatable bonds is 4. The van der Waals surface area contributed by atoms with E-state index >= 15 is 0 Å². The van der Waals surface area contributed by atoms with Crippen molar-refractivity contribution in [2.75, 3.05) is 0 Å². The summed E-state index contributed by atoms with van der Waals surface area (Å²) in [6.45, 7) is 3.83. The molecule has 3 nitrogen and oxygen atoms in total. The Kier molecular flexibility index (Phi) is 4.10. The summed E-state index contributed by atoms with van der Waals surface area (Å²) >= 11 is 1.47. The molecule has 0 aromatic carbocycles. The third-order valence-electron chi connectivity index (χ3n) is 2.00. The molecule has 0 amide bonds. The lowest BCUT2D eigenvalue weighted by Crippen LogP contribution is -2.26. The molecule has 78 valence electrons. The van der Waals surface area contributed by atoms with Gasteiger partial charge in [-0.25, -0.2) is 4.79 Å². The van der Waals surface area contributed by atoms with Crippen LogP contribution in [-0.4, -0.2) is 12.1 Å². The monoisotopic (exact) mass is 213 g/mol. The standard InChI is InChI=1S/C10H15NO2S/c1-3-7(2)13-10(12)9(11)8-5-4-6-14-8/h4-7,9H,3,11H2,1-2H3. The molecule has 1 aromatic rings. The van der Waals surface area contributed by atoms with Gasteiger partial charge in [0, 0.05) is 4.88 Å². The van der Waals surface area contributed by atoms with Gasteiger partial charge in [0.25, 0.3) is 0 Å². The van der Waals surface area contributed by atoms with Gasteiger partial charge in [-0.05, 0) is 24.8 Å². The molecule has 0 radical (unpaired) electrons. The van der Waals surface area contributed by atoms with Crippen molar-refractivity contribution in [3.05, 3.63) is 22.4 Å². The first-order valence-corrected chi connectivity index (χ1v) is 5.52. The van der Waals surface area contributed by atoms with E-state index in [4.69, 9.17) is 10.5 Å². The van der Waals surface area contributed by atoms with Crippen molar-refractivity contribution >= 4 is 17.3 Å². The van der Waals surface area contributed by atoms with Crippen molar-refractivity contribution in [2.24, 2.45) is 5.73 Å². The van der Waals surface area contributed by atoms with E-state index in [2.05, 4.69) is 0 Å². The van der Waals surface area contributed by atoms with Gasteiger partial charge in [-0.3, -0.25) is 0 Å². The Morgan fingerprint density at radius 3 is 2.93 bits per heavy atom. The van der Waals surface area contributed by atoms with Gasteiger partial charge in [-0.15, -0.1) is 11.3 Å². The number of hydrogen-bond donors (Lipinski definition) is 1. The van der Waals surface area contributed by atoms with Crippen LogP contribution in [-0.2, 0) is 9.53 Å². The van der Waals surface area contributed by atoms with E-state index in [1.807, 2.05) is 31.4 Å². The van der Waals surface area contributed by atoms with E-state index < -0.39 is 6.04 Å². The van der Waals surface area contributed by atoms with Crippen LogP contribution in [0.25, 0.3) is 0 Å². The van der Waals surface area contributed by atoms with E-state index in [0.717, 1.165) is 11.3 Å². The smallest absolute Gasteiger partial charge is 0.328 e. The molecular formula is C10H15NO2S. The molecule has 0 bridgehead atoms. The highest BCUT2D eigenvalue weighted by Crippen LogP contribution is 2.18. The van der Waals surface area contributed by atoms with Crippen molar-refractivity contribution in [2.45, 2.75) is 32.4 Å². The summed E-state index contributed by atoms with van der Waals surface area (Å²) < 4.78 is 5.13. The molecule has 2 N–H and O–H groups in total. The minimum atomic E-state index is -0.635. The zero-order valence-electron chi connectivity index (χ0n) is 8.40. The molecule has 2 unspecified atom stereocenters. The molecular weight excluding hydrogens is 198 g/mol. The van der Waals surface area contributed by atoms with Gasteiger partial charge in [0.05, 0.1) is 6.10 Å². The number of thiophene rings is 1. The Labute approximate surface area is 87.9 Å². The van der Waals surface area contributed by atoms with Crippen LogP contribution in [0.15, 0.2) is 17.5 Å². The summed E-state index contributed by atoms with van der Waals surface area (Å²) in [6.07, 6.45) is 0.747. The van der Waals surface area contributed by atoms with Crippen molar-refractivity contribution in [3.8, 4) is 0 Å². The highest BCUT2D eigenvalue weighted by molar-refractivity contribution is 7.10. The fourth-order valence-electron chi connectivity index (χ4n) is 0.939. The third-order valence-corrected chi connectivity index (χ3v) is 2.95. The molecule has 2 atom stereocenters. The summed E-state index contributed by atoms with van der Waals surface area (Å²) in [5.74, 6) is -0.346. The number of carbonyl (C=O) groups is 1. The molecule has 0 saturated heterocycles. The van der Waals surface area contributed by atoms with Crippen molar-refractivity contribution in [3.63, 3.8) is 0 Å². The molecule has 1 rings (SSSR count). The largest absolute Gasteiger partial charge is 0.461 e. The second kappa shape index (κ2) is 5.12. The molecule has 0 aliphatic carbocycles. The predicted octanol–water partition coefficient (Wildman–Crippen LogP) is 2.09. The fourth-order valence-corrected chi connectivity index (χ4v) is 1.65. The van der Waals surface area contributed by atoms with Gasteiger partial charge in [0.2, 0.25) is 0 Å². The van der Waals surface area contributed by atoms with Crippen LogP contribution in [0.1, 0.15) is 31.2 Å². The third kappa shape index (κ3) is 2.82. The average molecular weight is 213 g/mol. The molecule has 0 aliphatic heterocycles. The summed E-state index contributed by atoms with van der Waals surface area (Å²) in [7, 11) is 0. The number of hydrogen-bond acceptors (Lipinski definition) is 4. The number of ether oxygens (including phenoxy) is 1. The van der Waals surface area contributed by atoms with Gasteiger partial charge < -0.3 is 10.5 Å². The Bertz CT molecular complexity index is 284. The first kappa shape index (κ1) is 11.2. The Morgan fingerprint density at radius 2 is 2.43 bits per heavy atom. The predicted molar refractivity (Wildman–Crippen MR) is 57.1 cm³/mol. The van der Waals surface area contributed by atoms with Gasteiger partial charge in [0.15, 0.2) is 0 Å². The number of carbonyl (C=O) groups excluding carboxylic acids is 1. The van der Waals surface area contributed by atoms with E-state index in [1.54, 1.807) is 0 Å².